The molecule has 0 saturated heterocycles. The van der Waals surface area contributed by atoms with E-state index in [1.165, 1.54) is 70.6 Å². The van der Waals surface area contributed by atoms with Crippen LogP contribution in [0.25, 0.3) is 0 Å². The molecule has 0 spiro atoms. The summed E-state index contributed by atoms with van der Waals surface area (Å²) in [6, 6.07) is 0. The van der Waals surface area contributed by atoms with Crippen molar-refractivity contribution in [3.8, 4) is 0 Å². The van der Waals surface area contributed by atoms with Crippen LogP contribution in [0.15, 0.2) is 24.3 Å². The summed E-state index contributed by atoms with van der Waals surface area (Å²) in [6.45, 7) is 6.05. The molecule has 0 heteroatoms. The van der Waals surface area contributed by atoms with Crippen molar-refractivity contribution >= 4 is 0 Å². The maximum absolute atomic E-state index is 3.79. The molecule has 0 aromatic carbocycles. The lowest BCUT2D eigenvalue weighted by molar-refractivity contribution is 0.599. The summed E-state index contributed by atoms with van der Waals surface area (Å²) in [5.41, 5.74) is 0. The van der Waals surface area contributed by atoms with Crippen molar-refractivity contribution in [2.75, 3.05) is 0 Å². The molecule has 0 aromatic heterocycles. The van der Waals surface area contributed by atoms with Gasteiger partial charge in [0.15, 0.2) is 0 Å². The fourth-order valence-corrected chi connectivity index (χ4v) is 2.02. The standard InChI is InChI=1S/C18H33/c1-3-5-7-9-11-13-15-17-18-16-14-12-10-8-6-4-2/h5,7,10,12H,1,3-4,6,8-9,11,13-18H2,2H3/b7-5+,12-10+. The van der Waals surface area contributed by atoms with Crippen molar-refractivity contribution in [2.24, 2.45) is 0 Å². The summed E-state index contributed by atoms with van der Waals surface area (Å²) in [5, 5.41) is 0. The largest absolute Gasteiger partial charge is 0.0885 e. The van der Waals surface area contributed by atoms with Gasteiger partial charge in [0.2, 0.25) is 0 Å². The molecule has 0 N–H and O–H groups in total. The third-order valence-corrected chi connectivity index (χ3v) is 3.22. The molecule has 0 aliphatic rings. The summed E-state index contributed by atoms with van der Waals surface area (Å²) >= 11 is 0. The Balaban J connectivity index is 3.03. The van der Waals surface area contributed by atoms with E-state index in [4.69, 9.17) is 0 Å². The summed E-state index contributed by atoms with van der Waals surface area (Å²) in [6.07, 6.45) is 25.0. The first-order valence-corrected chi connectivity index (χ1v) is 8.01. The molecule has 0 bridgehead atoms. The Morgan fingerprint density at radius 3 is 1.56 bits per heavy atom. The van der Waals surface area contributed by atoms with Crippen molar-refractivity contribution in [1.29, 1.82) is 0 Å². The molecule has 105 valence electrons. The predicted octanol–water partition coefficient (Wildman–Crippen LogP) is 6.63. The molecule has 0 aliphatic carbocycles. The smallest absolute Gasteiger partial charge is 0.0351 e. The van der Waals surface area contributed by atoms with Gasteiger partial charge in [-0.05, 0) is 45.4 Å². The minimum Gasteiger partial charge on any atom is -0.0885 e. The van der Waals surface area contributed by atoms with Gasteiger partial charge in [-0.3, -0.25) is 0 Å². The van der Waals surface area contributed by atoms with Crippen LogP contribution in [0.3, 0.4) is 0 Å². The van der Waals surface area contributed by atoms with E-state index < -0.39 is 0 Å². The van der Waals surface area contributed by atoms with Crippen LogP contribution in [0, 0.1) is 6.92 Å². The van der Waals surface area contributed by atoms with Gasteiger partial charge in [-0.25, -0.2) is 0 Å². The molecule has 0 nitrogen and oxygen atoms in total. The Morgan fingerprint density at radius 1 is 0.611 bits per heavy atom. The van der Waals surface area contributed by atoms with E-state index in [2.05, 4.69) is 38.2 Å². The highest BCUT2D eigenvalue weighted by molar-refractivity contribution is 4.82. The zero-order chi connectivity index (χ0) is 13.3. The van der Waals surface area contributed by atoms with E-state index in [0.717, 1.165) is 6.42 Å². The van der Waals surface area contributed by atoms with Gasteiger partial charge in [0.05, 0.1) is 0 Å². The van der Waals surface area contributed by atoms with E-state index in [1.54, 1.807) is 0 Å². The summed E-state index contributed by atoms with van der Waals surface area (Å²) in [4.78, 5) is 0. The van der Waals surface area contributed by atoms with Crippen molar-refractivity contribution < 1.29 is 0 Å². The molecule has 0 saturated carbocycles. The molecule has 0 unspecified atom stereocenters. The van der Waals surface area contributed by atoms with Gasteiger partial charge in [0, 0.05) is 0 Å². The molecule has 0 amide bonds. The number of hydrogen-bond donors (Lipinski definition) is 0. The van der Waals surface area contributed by atoms with Crippen LogP contribution in [0.2, 0.25) is 0 Å². The monoisotopic (exact) mass is 249 g/mol. The average molecular weight is 249 g/mol. The molecule has 0 aliphatic heterocycles. The number of allylic oxidation sites excluding steroid dienone is 4. The molecule has 0 heterocycles. The van der Waals surface area contributed by atoms with Gasteiger partial charge in [0.1, 0.15) is 0 Å². The minimum atomic E-state index is 0.936. The molecule has 1 radical (unpaired) electrons. The van der Waals surface area contributed by atoms with Crippen LogP contribution in [0.5, 0.6) is 0 Å². The van der Waals surface area contributed by atoms with Gasteiger partial charge in [0.25, 0.3) is 0 Å². The number of rotatable bonds is 13. The second-order valence-electron chi connectivity index (χ2n) is 5.07. The highest BCUT2D eigenvalue weighted by atomic mass is 14.0. The summed E-state index contributed by atoms with van der Waals surface area (Å²) in [7, 11) is 0. The first-order chi connectivity index (χ1) is 8.91. The van der Waals surface area contributed by atoms with Crippen molar-refractivity contribution in [3.63, 3.8) is 0 Å². The molecule has 0 aromatic rings. The third kappa shape index (κ3) is 15.5. The van der Waals surface area contributed by atoms with Crippen LogP contribution < -0.4 is 0 Å². The van der Waals surface area contributed by atoms with Gasteiger partial charge in [-0.2, -0.15) is 0 Å². The maximum atomic E-state index is 3.79. The molecular formula is C18H33. The Morgan fingerprint density at radius 2 is 1.06 bits per heavy atom. The Labute approximate surface area is 116 Å². The molecule has 0 atom stereocenters. The van der Waals surface area contributed by atoms with Crippen LogP contribution in [-0.2, 0) is 0 Å². The lowest BCUT2D eigenvalue weighted by Gasteiger charge is -1.99. The van der Waals surface area contributed by atoms with Crippen LogP contribution in [0.4, 0.5) is 0 Å². The molecule has 0 rings (SSSR count). The second-order valence-corrected chi connectivity index (χ2v) is 5.07. The first-order valence-electron chi connectivity index (χ1n) is 8.01. The highest BCUT2D eigenvalue weighted by Gasteiger charge is 1.89. The van der Waals surface area contributed by atoms with Gasteiger partial charge < -0.3 is 0 Å². The van der Waals surface area contributed by atoms with Gasteiger partial charge in [-0.15, -0.1) is 0 Å². The Hall–Kier alpha value is -0.520. The highest BCUT2D eigenvalue weighted by Crippen LogP contribution is 2.09. The zero-order valence-corrected chi connectivity index (χ0v) is 12.5. The molecule has 0 fully saturated rings. The fourth-order valence-electron chi connectivity index (χ4n) is 2.02. The third-order valence-electron chi connectivity index (χ3n) is 3.22. The Kier molecular flexibility index (Phi) is 16.0. The van der Waals surface area contributed by atoms with E-state index in [0.29, 0.717) is 0 Å². The van der Waals surface area contributed by atoms with E-state index in [-0.39, 0.29) is 0 Å². The van der Waals surface area contributed by atoms with Crippen molar-refractivity contribution in [2.45, 2.75) is 84.0 Å². The minimum absolute atomic E-state index is 0.936. The topological polar surface area (TPSA) is 0 Å². The number of unbranched alkanes of at least 4 members (excludes halogenated alkanes) is 9. The lowest BCUT2D eigenvalue weighted by atomic mass is 10.1. The predicted molar refractivity (Wildman–Crippen MR) is 84.7 cm³/mol. The van der Waals surface area contributed by atoms with E-state index in [9.17, 15) is 0 Å². The van der Waals surface area contributed by atoms with E-state index in [1.807, 2.05) is 0 Å². The normalized spacial score (nSPS) is 11.9. The van der Waals surface area contributed by atoms with Crippen LogP contribution >= 0.6 is 0 Å². The van der Waals surface area contributed by atoms with Crippen molar-refractivity contribution in [3.05, 3.63) is 31.2 Å². The zero-order valence-electron chi connectivity index (χ0n) is 12.5. The van der Waals surface area contributed by atoms with Gasteiger partial charge >= 0.3 is 0 Å². The summed E-state index contributed by atoms with van der Waals surface area (Å²) < 4.78 is 0. The van der Waals surface area contributed by atoms with Crippen LogP contribution in [-0.4, -0.2) is 0 Å². The molecule has 18 heavy (non-hydrogen) atoms. The summed E-state index contributed by atoms with van der Waals surface area (Å²) in [5.74, 6) is 0. The quantitative estimate of drug-likeness (QED) is 0.254. The van der Waals surface area contributed by atoms with Gasteiger partial charge in [-0.1, -0.05) is 69.8 Å². The Bertz CT molecular complexity index is 188. The SMILES string of the molecule is [CH2]C/C=C/CCCCCCCC/C=C/CCCC. The first kappa shape index (κ1) is 17.5. The molecular weight excluding hydrogens is 216 g/mol. The number of hydrogen-bond acceptors (Lipinski definition) is 0. The average Bonchev–Trinajstić information content (AvgIpc) is 2.39. The van der Waals surface area contributed by atoms with E-state index >= 15 is 0 Å². The fraction of sp³-hybridized carbons (Fsp3) is 0.722. The maximum Gasteiger partial charge on any atom is -0.0351 e. The van der Waals surface area contributed by atoms with Crippen LogP contribution in [0.1, 0.15) is 84.0 Å². The second kappa shape index (κ2) is 16.5. The van der Waals surface area contributed by atoms with Crippen molar-refractivity contribution in [1.82, 2.24) is 0 Å². The lowest BCUT2D eigenvalue weighted by Crippen LogP contribution is -1.79.